The number of carbonyl (C=O) groups is 2. The molecule has 0 bridgehead atoms. The normalized spacial score (nSPS) is 13.8. The molecule has 0 aliphatic carbocycles. The third-order valence-electron chi connectivity index (χ3n) is 3.95. The Balaban J connectivity index is 1.81. The van der Waals surface area contributed by atoms with Gasteiger partial charge in [0, 0.05) is 29.2 Å². The third kappa shape index (κ3) is 3.29. The summed E-state index contributed by atoms with van der Waals surface area (Å²) in [6.45, 7) is 4.80. The number of amides is 2. The molecule has 0 saturated carbocycles. The fraction of sp³-hybridized carbons (Fsp3) is 0.333. The maximum Gasteiger partial charge on any atom is 0.265 e. The molecule has 0 atom stereocenters. The first-order valence-corrected chi connectivity index (χ1v) is 8.71. The van der Waals surface area contributed by atoms with Crippen molar-refractivity contribution in [1.29, 1.82) is 0 Å². The Morgan fingerprint density at radius 2 is 2.09 bits per heavy atom. The highest BCUT2D eigenvalue weighted by Crippen LogP contribution is 2.30. The molecule has 1 aromatic carbocycles. The maximum absolute atomic E-state index is 12.2. The van der Waals surface area contributed by atoms with Crippen LogP contribution in [-0.4, -0.2) is 18.4 Å². The molecular formula is C18H20N2O2S. The summed E-state index contributed by atoms with van der Waals surface area (Å²) in [6, 6.07) is 9.59. The summed E-state index contributed by atoms with van der Waals surface area (Å²) < 4.78 is 0. The van der Waals surface area contributed by atoms with Gasteiger partial charge in [-0.05, 0) is 55.7 Å². The Morgan fingerprint density at radius 1 is 1.26 bits per heavy atom. The summed E-state index contributed by atoms with van der Waals surface area (Å²) in [4.78, 5) is 28.0. The molecule has 1 aromatic heterocycles. The highest BCUT2D eigenvalue weighted by atomic mass is 32.1. The van der Waals surface area contributed by atoms with E-state index in [1.54, 1.807) is 0 Å². The lowest BCUT2D eigenvalue weighted by Crippen LogP contribution is -2.35. The van der Waals surface area contributed by atoms with E-state index in [2.05, 4.69) is 12.2 Å². The summed E-state index contributed by atoms with van der Waals surface area (Å²) in [6.07, 6.45) is 2.20. The Morgan fingerprint density at radius 3 is 2.78 bits per heavy atom. The van der Waals surface area contributed by atoms with Crippen LogP contribution >= 0.6 is 11.3 Å². The minimum Gasteiger partial charge on any atom is -0.321 e. The van der Waals surface area contributed by atoms with Gasteiger partial charge in [0.1, 0.15) is 0 Å². The van der Waals surface area contributed by atoms with Crippen molar-refractivity contribution in [3.05, 3.63) is 45.6 Å². The van der Waals surface area contributed by atoms with Crippen LogP contribution in [-0.2, 0) is 11.2 Å². The fourth-order valence-corrected chi connectivity index (χ4v) is 3.62. The number of benzene rings is 1. The van der Waals surface area contributed by atoms with Crippen LogP contribution in [0.1, 0.15) is 39.9 Å². The average Bonchev–Trinajstić information content (AvgIpc) is 2.97. The predicted octanol–water partition coefficient (Wildman–Crippen LogP) is 4.00. The maximum atomic E-state index is 12.2. The van der Waals surface area contributed by atoms with Crippen molar-refractivity contribution in [2.45, 2.75) is 33.1 Å². The van der Waals surface area contributed by atoms with Crippen LogP contribution in [0.2, 0.25) is 0 Å². The molecule has 0 unspecified atom stereocenters. The van der Waals surface area contributed by atoms with Crippen molar-refractivity contribution in [1.82, 2.24) is 0 Å². The van der Waals surface area contributed by atoms with Crippen molar-refractivity contribution >= 4 is 34.5 Å². The largest absolute Gasteiger partial charge is 0.321 e. The van der Waals surface area contributed by atoms with Crippen molar-refractivity contribution in [3.8, 4) is 0 Å². The minimum absolute atomic E-state index is 0.0830. The average molecular weight is 328 g/mol. The number of anilines is 2. The summed E-state index contributed by atoms with van der Waals surface area (Å²) >= 11 is 1.49. The molecular weight excluding hydrogens is 308 g/mol. The van der Waals surface area contributed by atoms with Gasteiger partial charge < -0.3 is 10.2 Å². The molecule has 120 valence electrons. The van der Waals surface area contributed by atoms with E-state index < -0.39 is 0 Å². The number of hydrogen-bond donors (Lipinski definition) is 1. The quantitative estimate of drug-likeness (QED) is 0.922. The summed E-state index contributed by atoms with van der Waals surface area (Å²) in [5.41, 5.74) is 2.89. The number of thiophene rings is 1. The van der Waals surface area contributed by atoms with E-state index in [-0.39, 0.29) is 11.8 Å². The molecule has 2 heterocycles. The van der Waals surface area contributed by atoms with Gasteiger partial charge in [0.15, 0.2) is 0 Å². The lowest BCUT2D eigenvalue weighted by molar-refractivity contribution is -0.118. The first-order chi connectivity index (χ1) is 11.1. The first-order valence-electron chi connectivity index (χ1n) is 7.89. The number of rotatable bonds is 4. The van der Waals surface area contributed by atoms with E-state index in [1.165, 1.54) is 11.3 Å². The molecule has 1 aliphatic rings. The molecule has 1 aliphatic heterocycles. The third-order valence-corrected chi connectivity index (χ3v) is 4.95. The van der Waals surface area contributed by atoms with Crippen LogP contribution < -0.4 is 10.2 Å². The lowest BCUT2D eigenvalue weighted by atomic mass is 10.00. The van der Waals surface area contributed by atoms with Gasteiger partial charge in [-0.15, -0.1) is 11.3 Å². The van der Waals surface area contributed by atoms with Crippen LogP contribution in [0.25, 0.3) is 0 Å². The smallest absolute Gasteiger partial charge is 0.265 e. The number of fused-ring (bicyclic) bond motifs is 1. The van der Waals surface area contributed by atoms with Crippen molar-refractivity contribution < 1.29 is 9.59 Å². The molecule has 3 rings (SSSR count). The minimum atomic E-state index is -0.0830. The second kappa shape index (κ2) is 6.54. The molecule has 1 N–H and O–H groups in total. The number of aryl methyl sites for hydroxylation is 2. The number of carbonyl (C=O) groups excluding carboxylic acids is 2. The zero-order chi connectivity index (χ0) is 16.4. The van der Waals surface area contributed by atoms with E-state index in [0.717, 1.165) is 41.2 Å². The van der Waals surface area contributed by atoms with Crippen LogP contribution in [0.3, 0.4) is 0 Å². The van der Waals surface area contributed by atoms with E-state index >= 15 is 0 Å². The molecule has 0 fully saturated rings. The molecule has 5 heteroatoms. The van der Waals surface area contributed by atoms with Crippen LogP contribution in [0.5, 0.6) is 0 Å². The van der Waals surface area contributed by atoms with E-state index in [9.17, 15) is 9.59 Å². The van der Waals surface area contributed by atoms with Crippen molar-refractivity contribution in [2.24, 2.45) is 0 Å². The molecule has 4 nitrogen and oxygen atoms in total. The van der Waals surface area contributed by atoms with Crippen molar-refractivity contribution in [3.63, 3.8) is 0 Å². The molecule has 2 aromatic rings. The molecule has 0 spiro atoms. The monoisotopic (exact) mass is 328 g/mol. The van der Waals surface area contributed by atoms with Crippen LogP contribution in [0.15, 0.2) is 30.3 Å². The van der Waals surface area contributed by atoms with Gasteiger partial charge >= 0.3 is 0 Å². The van der Waals surface area contributed by atoms with E-state index in [4.69, 9.17) is 0 Å². The second-order valence-corrected chi connectivity index (χ2v) is 7.04. The summed E-state index contributed by atoms with van der Waals surface area (Å²) in [5.74, 6) is 0.102. The van der Waals surface area contributed by atoms with Gasteiger partial charge in [0.05, 0.1) is 4.88 Å². The number of nitrogens with one attached hydrogen (secondary N) is 1. The highest BCUT2D eigenvalue weighted by Gasteiger charge is 2.23. The van der Waals surface area contributed by atoms with Crippen LogP contribution in [0.4, 0.5) is 11.4 Å². The molecule has 23 heavy (non-hydrogen) atoms. The van der Waals surface area contributed by atoms with Gasteiger partial charge in [-0.3, -0.25) is 9.59 Å². The fourth-order valence-electron chi connectivity index (χ4n) is 2.86. The van der Waals surface area contributed by atoms with Gasteiger partial charge in [0.2, 0.25) is 5.91 Å². The Kier molecular flexibility index (Phi) is 4.48. The van der Waals surface area contributed by atoms with Gasteiger partial charge in [-0.1, -0.05) is 6.92 Å². The van der Waals surface area contributed by atoms with Gasteiger partial charge in [-0.2, -0.15) is 0 Å². The Labute approximate surface area is 140 Å². The van der Waals surface area contributed by atoms with E-state index in [1.807, 2.05) is 42.2 Å². The number of nitrogens with zero attached hydrogens (tertiary/aromatic N) is 1. The molecule has 0 saturated heterocycles. The second-order valence-electron chi connectivity index (χ2n) is 5.75. The molecule has 2 amide bonds. The summed E-state index contributed by atoms with van der Waals surface area (Å²) in [7, 11) is 0. The first kappa shape index (κ1) is 15.7. The lowest BCUT2D eigenvalue weighted by Gasteiger charge is -2.29. The summed E-state index contributed by atoms with van der Waals surface area (Å²) in [5, 5.41) is 2.95. The zero-order valence-electron chi connectivity index (χ0n) is 13.4. The standard InChI is InChI=1S/C18H20N2O2S/c1-3-10-20-15-7-6-14(11-13(15)5-9-17(20)21)19-18(22)16-8-4-12(2)23-16/h4,6-8,11H,3,5,9-10H2,1-2H3,(H,19,22). The Bertz CT molecular complexity index is 751. The Hall–Kier alpha value is -2.14. The van der Waals surface area contributed by atoms with E-state index in [0.29, 0.717) is 11.3 Å². The predicted molar refractivity (Wildman–Crippen MR) is 94.4 cm³/mol. The zero-order valence-corrected chi connectivity index (χ0v) is 14.2. The van der Waals surface area contributed by atoms with Gasteiger partial charge in [0.25, 0.3) is 5.91 Å². The number of hydrogen-bond acceptors (Lipinski definition) is 3. The van der Waals surface area contributed by atoms with Gasteiger partial charge in [-0.25, -0.2) is 0 Å². The SMILES string of the molecule is CCCN1C(=O)CCc2cc(NC(=O)c3ccc(C)s3)ccc21. The molecule has 0 radical (unpaired) electrons. The highest BCUT2D eigenvalue weighted by molar-refractivity contribution is 7.14. The van der Waals surface area contributed by atoms with Crippen molar-refractivity contribution in [2.75, 3.05) is 16.8 Å². The topological polar surface area (TPSA) is 49.4 Å². The van der Waals surface area contributed by atoms with Crippen LogP contribution in [0, 0.1) is 6.92 Å².